The Kier molecular flexibility index (Phi) is 12.2. The van der Waals surface area contributed by atoms with Gasteiger partial charge in [0, 0.05) is 34.4 Å². The number of carbonyl (C=O) groups is 4. The minimum atomic E-state index is -0.829. The summed E-state index contributed by atoms with van der Waals surface area (Å²) >= 11 is 6.08. The van der Waals surface area contributed by atoms with Gasteiger partial charge >= 0.3 is 11.9 Å². The van der Waals surface area contributed by atoms with E-state index < -0.39 is 22.8 Å². The van der Waals surface area contributed by atoms with Gasteiger partial charge < -0.3 is 26.2 Å². The largest absolute Gasteiger partial charge is 0.481 e. The highest BCUT2D eigenvalue weighted by Gasteiger charge is 2.70. The molecule has 61 heavy (non-hydrogen) atoms. The molecule has 0 radical (unpaired) electrons. The van der Waals surface area contributed by atoms with Gasteiger partial charge in [0.05, 0.1) is 17.4 Å². The molecule has 5 N–H and O–H groups in total. The second-order valence-corrected chi connectivity index (χ2v) is 23.7. The first-order chi connectivity index (χ1) is 28.4. The number of nitrogens with one attached hydrogen (secondary N) is 2. The van der Waals surface area contributed by atoms with Gasteiger partial charge in [0.15, 0.2) is 5.78 Å². The third-order valence-corrected chi connectivity index (χ3v) is 19.4. The lowest BCUT2D eigenvalue weighted by molar-refractivity contribution is -0.236. The van der Waals surface area contributed by atoms with Crippen molar-refractivity contribution >= 4 is 35.2 Å². The van der Waals surface area contributed by atoms with Crippen LogP contribution < -0.4 is 16.4 Å². The van der Waals surface area contributed by atoms with Crippen LogP contribution in [-0.4, -0.2) is 60.0 Å². The van der Waals surface area contributed by atoms with Gasteiger partial charge in [0.2, 0.25) is 0 Å². The molecule has 6 aliphatic carbocycles. The van der Waals surface area contributed by atoms with E-state index in [0.29, 0.717) is 66.5 Å². The first-order valence-corrected chi connectivity index (χ1v) is 24.0. The second-order valence-electron chi connectivity index (χ2n) is 23.3. The molecule has 338 valence electrons. The van der Waals surface area contributed by atoms with E-state index in [9.17, 15) is 24.3 Å². The van der Waals surface area contributed by atoms with Gasteiger partial charge in [-0.1, -0.05) is 79.5 Å². The summed E-state index contributed by atoms with van der Waals surface area (Å²) in [6, 6.07) is 6.94. The zero-order valence-electron chi connectivity index (χ0n) is 38.9. The molecule has 0 spiro atoms. The van der Waals surface area contributed by atoms with Crippen LogP contribution in [0.1, 0.15) is 157 Å². The quantitative estimate of drug-likeness (QED) is 0.113. The molecular formula is C51H76ClN3O6. The van der Waals surface area contributed by atoms with Gasteiger partial charge in [0.1, 0.15) is 6.10 Å². The number of benzene rings is 1. The SMILES string of the molecule is CC(C)C1=C2[C@H]3CC[C@@H]4[C@@]5(C)CC[C@H](OC(=O)[C@H]6C[C@@H](C(=O)O)C6(C)C)C(C)(C)[C@@H]5CC[C@@]4(C)[C@]3(C)CC[C@@]2(CCNCC(C)(CCN)NC(=O)c2ccc(Cl)cc2)CC1=O. The van der Waals surface area contributed by atoms with Crippen molar-refractivity contribution in [2.24, 2.45) is 73.7 Å². The molecule has 5 fully saturated rings. The zero-order valence-corrected chi connectivity index (χ0v) is 39.7. The average Bonchev–Trinajstić information content (AvgIpc) is 3.46. The molecule has 11 atom stereocenters. The van der Waals surface area contributed by atoms with E-state index in [1.54, 1.807) is 24.3 Å². The van der Waals surface area contributed by atoms with Crippen LogP contribution in [0.2, 0.25) is 5.02 Å². The fraction of sp³-hybridized carbons (Fsp3) is 0.765. The molecule has 1 aromatic carbocycles. The Bertz CT molecular complexity index is 1940. The molecule has 0 saturated heterocycles. The minimum absolute atomic E-state index is 0.0521. The Morgan fingerprint density at radius 3 is 2.21 bits per heavy atom. The topological polar surface area (TPSA) is 148 Å². The van der Waals surface area contributed by atoms with Crippen molar-refractivity contribution in [3.8, 4) is 0 Å². The molecular weight excluding hydrogens is 786 g/mol. The monoisotopic (exact) mass is 862 g/mol. The highest BCUT2D eigenvalue weighted by atomic mass is 35.5. The second kappa shape index (κ2) is 16.0. The third-order valence-electron chi connectivity index (χ3n) is 19.1. The predicted molar refractivity (Wildman–Crippen MR) is 241 cm³/mol. The van der Waals surface area contributed by atoms with E-state index in [1.807, 2.05) is 13.8 Å². The summed E-state index contributed by atoms with van der Waals surface area (Å²) in [6.45, 7) is 24.5. The standard InChI is InChI=1S/C51H76ClN3O6/c1-30(2)40-36(56)28-51(24-26-54-29-47(7,23-25-53)55-42(57)31-11-13-32(52)14-12-31)22-21-49(9)33(41(40)51)15-16-38-48(8)19-18-39(46(5,6)37(48)17-20-50(38,49)10)61-44(60)35-27-34(43(58)59)45(35,3)4/h11-14,30,33-35,37-39,54H,15-29,53H2,1-10H3,(H,55,57)(H,58,59)/t33-,34+,35-,37+,38-,39+,47?,48+,49-,50-,51-/m1/s1. The summed E-state index contributed by atoms with van der Waals surface area (Å²) in [5.74, 6) is -0.282. The van der Waals surface area contributed by atoms with Crippen LogP contribution in [0.15, 0.2) is 35.4 Å². The number of allylic oxidation sites excluding steroid dienone is 2. The summed E-state index contributed by atoms with van der Waals surface area (Å²) < 4.78 is 6.44. The summed E-state index contributed by atoms with van der Waals surface area (Å²) in [4.78, 5) is 53.0. The molecule has 9 nitrogen and oxygen atoms in total. The van der Waals surface area contributed by atoms with E-state index in [0.717, 1.165) is 69.9 Å². The number of hydrogen-bond acceptors (Lipinski definition) is 7. The first kappa shape index (κ1) is 46.2. The van der Waals surface area contributed by atoms with Crippen molar-refractivity contribution in [2.75, 3.05) is 19.6 Å². The number of rotatable bonds is 13. The molecule has 6 aliphatic rings. The van der Waals surface area contributed by atoms with Gasteiger partial charge in [-0.15, -0.1) is 0 Å². The number of fused-ring (bicyclic) bond motifs is 7. The Labute approximate surface area is 370 Å². The lowest BCUT2D eigenvalue weighted by Crippen LogP contribution is -2.66. The number of nitrogens with two attached hydrogens (primary N) is 1. The summed E-state index contributed by atoms with van der Waals surface area (Å²) in [6.07, 6.45) is 10.7. The van der Waals surface area contributed by atoms with Crippen molar-refractivity contribution in [1.82, 2.24) is 10.6 Å². The normalized spacial score (nSPS) is 38.3. The van der Waals surface area contributed by atoms with Crippen molar-refractivity contribution in [3.63, 3.8) is 0 Å². The minimum Gasteiger partial charge on any atom is -0.481 e. The molecule has 0 aliphatic heterocycles. The highest BCUT2D eigenvalue weighted by molar-refractivity contribution is 6.30. The maximum absolute atomic E-state index is 14.2. The smallest absolute Gasteiger partial charge is 0.309 e. The van der Waals surface area contributed by atoms with Crippen LogP contribution >= 0.6 is 11.6 Å². The first-order valence-electron chi connectivity index (χ1n) is 23.6. The Morgan fingerprint density at radius 1 is 0.902 bits per heavy atom. The number of ketones is 1. The Hall–Kier alpha value is -2.75. The lowest BCUT2D eigenvalue weighted by atomic mass is 9.33. The summed E-state index contributed by atoms with van der Waals surface area (Å²) in [7, 11) is 0. The Morgan fingerprint density at radius 2 is 1.59 bits per heavy atom. The average molecular weight is 863 g/mol. The van der Waals surface area contributed by atoms with Crippen molar-refractivity contribution in [1.29, 1.82) is 0 Å². The van der Waals surface area contributed by atoms with Crippen molar-refractivity contribution in [2.45, 2.75) is 158 Å². The van der Waals surface area contributed by atoms with E-state index in [4.69, 9.17) is 22.1 Å². The number of carbonyl (C=O) groups excluding carboxylic acids is 3. The molecule has 0 aromatic heterocycles. The summed E-state index contributed by atoms with van der Waals surface area (Å²) in [5.41, 5.74) is 7.95. The summed E-state index contributed by atoms with van der Waals surface area (Å²) in [5, 5.41) is 17.3. The van der Waals surface area contributed by atoms with Gasteiger partial charge in [-0.3, -0.25) is 19.2 Å². The molecule has 1 amide bonds. The predicted octanol–water partition coefficient (Wildman–Crippen LogP) is 9.80. The van der Waals surface area contributed by atoms with Crippen LogP contribution in [0.25, 0.3) is 0 Å². The van der Waals surface area contributed by atoms with Crippen LogP contribution in [0.4, 0.5) is 0 Å². The fourth-order valence-corrected chi connectivity index (χ4v) is 15.5. The maximum atomic E-state index is 14.2. The molecule has 5 saturated carbocycles. The van der Waals surface area contributed by atoms with Crippen molar-refractivity contribution < 1.29 is 29.0 Å². The molecule has 1 aromatic rings. The number of ether oxygens (including phenoxy) is 1. The number of Topliss-reactive ketones (excluding diaryl/α,β-unsaturated/α-hetero) is 1. The molecule has 7 rings (SSSR count). The molecule has 1 unspecified atom stereocenters. The van der Waals surface area contributed by atoms with E-state index >= 15 is 0 Å². The molecule has 0 heterocycles. The van der Waals surface area contributed by atoms with Crippen LogP contribution in [0, 0.1) is 68.0 Å². The molecule has 10 heteroatoms. The van der Waals surface area contributed by atoms with Gasteiger partial charge in [-0.05, 0) is 166 Å². The highest BCUT2D eigenvalue weighted by Crippen LogP contribution is 2.77. The van der Waals surface area contributed by atoms with E-state index in [2.05, 4.69) is 66.0 Å². The number of hydrogen-bond donors (Lipinski definition) is 4. The number of halogens is 1. The van der Waals surface area contributed by atoms with Gasteiger partial charge in [-0.2, -0.15) is 0 Å². The third kappa shape index (κ3) is 7.44. The van der Waals surface area contributed by atoms with Crippen LogP contribution in [-0.2, 0) is 19.1 Å². The molecule has 0 bridgehead atoms. The van der Waals surface area contributed by atoms with E-state index in [-0.39, 0.29) is 56.9 Å². The van der Waals surface area contributed by atoms with Crippen LogP contribution in [0.5, 0.6) is 0 Å². The number of carboxylic acids is 1. The lowest BCUT2D eigenvalue weighted by Gasteiger charge is -2.72. The van der Waals surface area contributed by atoms with Gasteiger partial charge in [0.25, 0.3) is 5.91 Å². The van der Waals surface area contributed by atoms with Crippen molar-refractivity contribution in [3.05, 3.63) is 46.0 Å². The number of amides is 1. The zero-order chi connectivity index (χ0) is 44.7. The van der Waals surface area contributed by atoms with Crippen LogP contribution in [0.3, 0.4) is 0 Å². The van der Waals surface area contributed by atoms with E-state index in [1.165, 1.54) is 5.57 Å². The fourth-order valence-electron chi connectivity index (χ4n) is 15.4. The number of esters is 1. The number of carboxylic acid groups (broad SMARTS) is 1. The van der Waals surface area contributed by atoms with Gasteiger partial charge in [-0.25, -0.2) is 0 Å². The maximum Gasteiger partial charge on any atom is 0.309 e. The Balaban J connectivity index is 1.07. The number of aliphatic carboxylic acids is 1.